The normalized spacial score (nSPS) is 10.3. The number of aryl methyl sites for hydroxylation is 1. The minimum absolute atomic E-state index is 0.101. The summed E-state index contributed by atoms with van der Waals surface area (Å²) >= 11 is 0. The Balaban J connectivity index is 2.16. The second kappa shape index (κ2) is 6.00. The third-order valence-corrected chi connectivity index (χ3v) is 2.41. The van der Waals surface area contributed by atoms with Crippen LogP contribution in [0.3, 0.4) is 0 Å². The predicted molar refractivity (Wildman–Crippen MR) is 69.9 cm³/mol. The number of ether oxygens (including phenoxy) is 2. The molecule has 0 unspecified atom stereocenters. The van der Waals surface area contributed by atoms with E-state index in [9.17, 15) is 4.79 Å². The van der Waals surface area contributed by atoms with Crippen LogP contribution in [0, 0.1) is 0 Å². The molecule has 20 heavy (non-hydrogen) atoms. The number of rotatable bonds is 5. The SMILES string of the molecule is CCOC(=O)c1cc(N)ccc1OCc1nnn(C)n1. The topological polar surface area (TPSA) is 105 Å². The molecule has 0 aliphatic heterocycles. The van der Waals surface area contributed by atoms with E-state index in [0.717, 1.165) is 0 Å². The van der Waals surface area contributed by atoms with Crippen molar-refractivity contribution in [2.75, 3.05) is 12.3 Å². The Labute approximate surface area is 115 Å². The minimum Gasteiger partial charge on any atom is -0.485 e. The van der Waals surface area contributed by atoms with Gasteiger partial charge >= 0.3 is 5.97 Å². The van der Waals surface area contributed by atoms with E-state index < -0.39 is 5.97 Å². The van der Waals surface area contributed by atoms with Gasteiger partial charge in [0.2, 0.25) is 5.82 Å². The van der Waals surface area contributed by atoms with E-state index in [-0.39, 0.29) is 18.8 Å². The first-order valence-corrected chi connectivity index (χ1v) is 6.02. The fourth-order valence-corrected chi connectivity index (χ4v) is 1.57. The number of carbonyl (C=O) groups excluding carboxylic acids is 1. The Bertz CT molecular complexity index is 611. The molecule has 0 fully saturated rings. The lowest BCUT2D eigenvalue weighted by Gasteiger charge is -2.10. The number of anilines is 1. The van der Waals surface area contributed by atoms with Gasteiger partial charge in [0.1, 0.15) is 11.3 Å². The van der Waals surface area contributed by atoms with Crippen LogP contribution in [0.5, 0.6) is 5.75 Å². The van der Waals surface area contributed by atoms with E-state index in [0.29, 0.717) is 17.3 Å². The zero-order valence-corrected chi connectivity index (χ0v) is 11.2. The van der Waals surface area contributed by atoms with Crippen LogP contribution in [0.15, 0.2) is 18.2 Å². The number of hydrogen-bond donors (Lipinski definition) is 1. The molecule has 0 aliphatic carbocycles. The molecule has 0 bridgehead atoms. The maximum atomic E-state index is 11.8. The van der Waals surface area contributed by atoms with Gasteiger partial charge in [-0.05, 0) is 30.3 Å². The zero-order valence-electron chi connectivity index (χ0n) is 11.2. The summed E-state index contributed by atoms with van der Waals surface area (Å²) in [6, 6.07) is 4.76. The van der Waals surface area contributed by atoms with Gasteiger partial charge in [0.05, 0.1) is 13.7 Å². The Morgan fingerprint density at radius 2 is 2.25 bits per heavy atom. The highest BCUT2D eigenvalue weighted by Crippen LogP contribution is 2.23. The van der Waals surface area contributed by atoms with Crippen LogP contribution in [0.25, 0.3) is 0 Å². The first-order valence-electron chi connectivity index (χ1n) is 6.02. The van der Waals surface area contributed by atoms with E-state index in [2.05, 4.69) is 15.4 Å². The highest BCUT2D eigenvalue weighted by Gasteiger charge is 2.15. The summed E-state index contributed by atoms with van der Waals surface area (Å²) in [6.07, 6.45) is 0. The summed E-state index contributed by atoms with van der Waals surface area (Å²) in [5.41, 5.74) is 6.40. The third kappa shape index (κ3) is 3.22. The average Bonchev–Trinajstić information content (AvgIpc) is 2.83. The maximum Gasteiger partial charge on any atom is 0.341 e. The van der Waals surface area contributed by atoms with Crippen molar-refractivity contribution < 1.29 is 14.3 Å². The lowest BCUT2D eigenvalue weighted by Crippen LogP contribution is -2.09. The number of nitrogens with zero attached hydrogens (tertiary/aromatic N) is 4. The Morgan fingerprint density at radius 1 is 1.45 bits per heavy atom. The monoisotopic (exact) mass is 277 g/mol. The molecular formula is C12H15N5O3. The fraction of sp³-hybridized carbons (Fsp3) is 0.333. The summed E-state index contributed by atoms with van der Waals surface area (Å²) in [7, 11) is 1.66. The lowest BCUT2D eigenvalue weighted by atomic mass is 10.2. The summed E-state index contributed by atoms with van der Waals surface area (Å²) in [5, 5.41) is 11.5. The molecule has 106 valence electrons. The molecule has 0 atom stereocenters. The molecule has 8 heteroatoms. The highest BCUT2D eigenvalue weighted by atomic mass is 16.5. The highest BCUT2D eigenvalue weighted by molar-refractivity contribution is 5.93. The van der Waals surface area contributed by atoms with Crippen LogP contribution < -0.4 is 10.5 Å². The number of hydrogen-bond acceptors (Lipinski definition) is 7. The van der Waals surface area contributed by atoms with Gasteiger partial charge in [0.25, 0.3) is 0 Å². The molecule has 1 aromatic carbocycles. The van der Waals surface area contributed by atoms with Gasteiger partial charge in [0, 0.05) is 5.69 Å². The van der Waals surface area contributed by atoms with Gasteiger partial charge in [-0.2, -0.15) is 4.80 Å². The molecule has 0 spiro atoms. The van der Waals surface area contributed by atoms with Crippen molar-refractivity contribution in [1.29, 1.82) is 0 Å². The molecule has 0 saturated carbocycles. The van der Waals surface area contributed by atoms with Crippen LogP contribution in [0.4, 0.5) is 5.69 Å². The molecule has 2 aromatic rings. The molecular weight excluding hydrogens is 262 g/mol. The smallest absolute Gasteiger partial charge is 0.341 e. The number of tetrazole rings is 1. The molecule has 2 rings (SSSR count). The van der Waals surface area contributed by atoms with Gasteiger partial charge in [-0.1, -0.05) is 0 Å². The van der Waals surface area contributed by atoms with Crippen molar-refractivity contribution in [1.82, 2.24) is 20.2 Å². The summed E-state index contributed by atoms with van der Waals surface area (Å²) in [5.74, 6) is 0.297. The van der Waals surface area contributed by atoms with Crippen LogP contribution in [0.2, 0.25) is 0 Å². The van der Waals surface area contributed by atoms with E-state index in [4.69, 9.17) is 15.2 Å². The molecule has 1 aromatic heterocycles. The zero-order chi connectivity index (χ0) is 14.5. The molecule has 0 saturated heterocycles. The van der Waals surface area contributed by atoms with Crippen LogP contribution in [-0.4, -0.2) is 32.8 Å². The quantitative estimate of drug-likeness (QED) is 0.628. The van der Waals surface area contributed by atoms with Crippen molar-refractivity contribution in [3.8, 4) is 5.75 Å². The number of carbonyl (C=O) groups is 1. The van der Waals surface area contributed by atoms with Crippen molar-refractivity contribution in [2.45, 2.75) is 13.5 Å². The molecule has 1 heterocycles. The number of aromatic nitrogens is 4. The maximum absolute atomic E-state index is 11.8. The molecule has 0 aliphatic rings. The van der Waals surface area contributed by atoms with Gasteiger partial charge in [-0.3, -0.25) is 0 Å². The lowest BCUT2D eigenvalue weighted by molar-refractivity contribution is 0.0521. The molecule has 0 radical (unpaired) electrons. The first kappa shape index (κ1) is 13.8. The number of nitrogens with two attached hydrogens (primary N) is 1. The standard InChI is InChI=1S/C12H15N5O3/c1-3-19-12(18)9-6-8(13)4-5-10(9)20-7-11-14-16-17(2)15-11/h4-6H,3,7,13H2,1-2H3. The molecule has 2 N–H and O–H groups in total. The van der Waals surface area contributed by atoms with Crippen LogP contribution in [0.1, 0.15) is 23.1 Å². The van der Waals surface area contributed by atoms with Gasteiger partial charge in [-0.25, -0.2) is 4.79 Å². The fourth-order valence-electron chi connectivity index (χ4n) is 1.57. The molecule has 0 amide bonds. The largest absolute Gasteiger partial charge is 0.485 e. The second-order valence-corrected chi connectivity index (χ2v) is 3.96. The summed E-state index contributed by atoms with van der Waals surface area (Å²) in [6.45, 7) is 2.11. The molecule has 8 nitrogen and oxygen atoms in total. The van der Waals surface area contributed by atoms with Crippen molar-refractivity contribution >= 4 is 11.7 Å². The van der Waals surface area contributed by atoms with Crippen molar-refractivity contribution in [3.05, 3.63) is 29.6 Å². The van der Waals surface area contributed by atoms with Gasteiger partial charge < -0.3 is 15.2 Å². The van der Waals surface area contributed by atoms with Crippen LogP contribution in [-0.2, 0) is 18.4 Å². The van der Waals surface area contributed by atoms with Crippen molar-refractivity contribution in [2.24, 2.45) is 7.05 Å². The third-order valence-electron chi connectivity index (χ3n) is 2.41. The van der Waals surface area contributed by atoms with Gasteiger partial charge in [0.15, 0.2) is 6.61 Å². The second-order valence-electron chi connectivity index (χ2n) is 3.96. The van der Waals surface area contributed by atoms with Crippen LogP contribution >= 0.6 is 0 Å². The number of esters is 1. The van der Waals surface area contributed by atoms with E-state index in [1.54, 1.807) is 26.1 Å². The summed E-state index contributed by atoms with van der Waals surface area (Å²) < 4.78 is 10.5. The van der Waals surface area contributed by atoms with E-state index in [1.165, 1.54) is 10.9 Å². The predicted octanol–water partition coefficient (Wildman–Crippen LogP) is 0.548. The van der Waals surface area contributed by atoms with E-state index >= 15 is 0 Å². The average molecular weight is 277 g/mol. The Kier molecular flexibility index (Phi) is 4.14. The van der Waals surface area contributed by atoms with Gasteiger partial charge in [-0.15, -0.1) is 10.2 Å². The summed E-state index contributed by atoms with van der Waals surface area (Å²) in [4.78, 5) is 13.2. The minimum atomic E-state index is -0.484. The van der Waals surface area contributed by atoms with Crippen molar-refractivity contribution in [3.63, 3.8) is 0 Å². The Hall–Kier alpha value is -2.64. The number of benzene rings is 1. The first-order chi connectivity index (χ1) is 9.60. The Morgan fingerprint density at radius 3 is 2.90 bits per heavy atom. The van der Waals surface area contributed by atoms with E-state index in [1.807, 2.05) is 0 Å². The number of nitrogen functional groups attached to an aromatic ring is 1.